The van der Waals surface area contributed by atoms with Gasteiger partial charge in [0.05, 0.1) is 37.8 Å². The van der Waals surface area contributed by atoms with Crippen LogP contribution in [0.5, 0.6) is 11.6 Å². The predicted octanol–water partition coefficient (Wildman–Crippen LogP) is -0.462. The van der Waals surface area contributed by atoms with E-state index in [0.717, 1.165) is 35.4 Å². The number of hydrogen-bond donors (Lipinski definition) is 2. The monoisotopic (exact) mass is 491 g/mol. The molecule has 0 saturated carbocycles. The number of morpholine rings is 1. The number of aryl methyl sites for hydroxylation is 1. The number of hydrogen-bond acceptors (Lipinski definition) is 7. The minimum atomic E-state index is -1.33. The first kappa shape index (κ1) is 25.3. The Balaban J connectivity index is 0.000000469. The molecule has 1 fully saturated rings. The van der Waals surface area contributed by atoms with Gasteiger partial charge >= 0.3 is 11.3 Å². The fraction of sp³-hybridized carbons (Fsp3) is 0.348. The van der Waals surface area contributed by atoms with Gasteiger partial charge in [-0.3, -0.25) is 9.36 Å². The van der Waals surface area contributed by atoms with Crippen molar-refractivity contribution in [3.8, 4) is 11.6 Å². The number of rotatable bonds is 3. The van der Waals surface area contributed by atoms with Crippen molar-refractivity contribution >= 4 is 11.6 Å². The van der Waals surface area contributed by atoms with Gasteiger partial charge in [-0.15, -0.1) is 0 Å². The van der Waals surface area contributed by atoms with E-state index < -0.39 is 40.0 Å². The zero-order chi connectivity index (χ0) is 25.0. The topological polar surface area (TPSA) is 143 Å². The summed E-state index contributed by atoms with van der Waals surface area (Å²) in [5.41, 5.74) is -3.09. The smallest absolute Gasteiger partial charge is 0.343 e. The van der Waals surface area contributed by atoms with Crippen molar-refractivity contribution in [3.05, 3.63) is 89.1 Å². The molecule has 3 N–H and O–H groups in total. The Hall–Kier alpha value is -3.34. The zero-order valence-corrected chi connectivity index (χ0v) is 19.8. The molecule has 0 spiro atoms. The Kier molecular flexibility index (Phi) is 7.98. The number of aromatic hydroxyl groups is 1. The van der Waals surface area contributed by atoms with Crippen molar-refractivity contribution in [1.29, 1.82) is 0 Å². The number of benzene rings is 1. The molecule has 1 saturated heterocycles. The fourth-order valence-electron chi connectivity index (χ4n) is 3.71. The molecule has 34 heavy (non-hydrogen) atoms. The van der Waals surface area contributed by atoms with Crippen LogP contribution in [0.2, 0.25) is 5.02 Å². The van der Waals surface area contributed by atoms with Gasteiger partial charge < -0.3 is 29.3 Å². The maximum Gasteiger partial charge on any atom is 0.343 e. The van der Waals surface area contributed by atoms with E-state index in [0.29, 0.717) is 0 Å². The molecule has 182 valence electrons. The van der Waals surface area contributed by atoms with Crippen molar-refractivity contribution in [3.63, 3.8) is 0 Å². The van der Waals surface area contributed by atoms with E-state index >= 15 is 0 Å². The van der Waals surface area contributed by atoms with Crippen molar-refractivity contribution in [2.75, 3.05) is 26.3 Å². The summed E-state index contributed by atoms with van der Waals surface area (Å²) in [7, 11) is 2.43. The van der Waals surface area contributed by atoms with Gasteiger partial charge in [-0.25, -0.2) is 9.59 Å². The summed E-state index contributed by atoms with van der Waals surface area (Å²) in [5, 5.41) is 25.7. The molecule has 0 amide bonds. The minimum Gasteiger partial charge on any atom is -0.860 e. The standard InChI is InChI=1S/C19H17ClN2O6.C4H9NO/c1-9-8-12(23)14(18(26)28-9)13(10-6-4-5-7-11(10)20)15-16(24)21(2)19(27)22(3)17(15)25;1-3-6-4-2-5-1/h4-8,13,23-24H,1-3H3;5H,1-4H2. The lowest BCUT2D eigenvalue weighted by Gasteiger charge is -2.26. The van der Waals surface area contributed by atoms with Gasteiger partial charge in [0.1, 0.15) is 11.5 Å². The molecule has 0 radical (unpaired) electrons. The van der Waals surface area contributed by atoms with E-state index in [2.05, 4.69) is 5.32 Å². The summed E-state index contributed by atoms with van der Waals surface area (Å²) < 4.78 is 11.6. The van der Waals surface area contributed by atoms with Crippen LogP contribution in [0.4, 0.5) is 0 Å². The van der Waals surface area contributed by atoms with Crippen LogP contribution >= 0.6 is 11.6 Å². The second-order valence-electron chi connectivity index (χ2n) is 7.80. The average molecular weight is 492 g/mol. The number of nitrogens with two attached hydrogens (primary N) is 1. The molecule has 4 rings (SSSR count). The fourth-order valence-corrected chi connectivity index (χ4v) is 3.96. The SMILES string of the molecule is C1COCC[NH2+]1.Cc1cc(O)c(C(c2ccccc2Cl)c2c([O-])n(C)c(=O)n(C)c2=O)c(=O)o1. The largest absolute Gasteiger partial charge is 0.860 e. The van der Waals surface area contributed by atoms with Crippen molar-refractivity contribution < 1.29 is 24.7 Å². The van der Waals surface area contributed by atoms with E-state index in [1.807, 2.05) is 0 Å². The summed E-state index contributed by atoms with van der Waals surface area (Å²) in [6.07, 6.45) is 0. The Bertz CT molecular complexity index is 1340. The first-order valence-electron chi connectivity index (χ1n) is 10.6. The maximum absolute atomic E-state index is 12.8. The van der Waals surface area contributed by atoms with Crippen molar-refractivity contribution in [1.82, 2.24) is 9.13 Å². The van der Waals surface area contributed by atoms with E-state index in [1.54, 1.807) is 12.1 Å². The molecule has 0 aliphatic carbocycles. The van der Waals surface area contributed by atoms with Crippen LogP contribution < -0.4 is 27.3 Å². The molecule has 2 aromatic heterocycles. The summed E-state index contributed by atoms with van der Waals surface area (Å²) in [6, 6.07) is 7.50. The molecular formula is C23H26ClN3O7. The predicted molar refractivity (Wildman–Crippen MR) is 123 cm³/mol. The van der Waals surface area contributed by atoms with Crippen LogP contribution in [0.3, 0.4) is 0 Å². The summed E-state index contributed by atoms with van der Waals surface area (Å²) in [6.45, 7) is 5.67. The van der Waals surface area contributed by atoms with E-state index in [-0.39, 0.29) is 21.9 Å². The Morgan fingerprint density at radius 3 is 2.26 bits per heavy atom. The number of halogens is 1. The zero-order valence-electron chi connectivity index (χ0n) is 19.0. The Labute approximate surface area is 199 Å². The number of nitrogens with zero attached hydrogens (tertiary/aromatic N) is 2. The summed E-state index contributed by atoms with van der Waals surface area (Å²) in [5.74, 6) is -2.52. The van der Waals surface area contributed by atoms with Crippen molar-refractivity contribution in [2.24, 2.45) is 14.1 Å². The van der Waals surface area contributed by atoms with E-state index in [4.69, 9.17) is 20.8 Å². The van der Waals surface area contributed by atoms with Crippen LogP contribution in [0.25, 0.3) is 0 Å². The first-order chi connectivity index (χ1) is 16.1. The molecule has 10 nitrogen and oxygen atoms in total. The second-order valence-corrected chi connectivity index (χ2v) is 8.21. The van der Waals surface area contributed by atoms with Gasteiger partial charge in [0, 0.05) is 30.7 Å². The highest BCUT2D eigenvalue weighted by Gasteiger charge is 2.30. The summed E-state index contributed by atoms with van der Waals surface area (Å²) >= 11 is 6.28. The normalized spacial score (nSPS) is 14.2. The van der Waals surface area contributed by atoms with Gasteiger partial charge in [0.15, 0.2) is 0 Å². The van der Waals surface area contributed by atoms with Crippen molar-refractivity contribution in [2.45, 2.75) is 12.8 Å². The minimum absolute atomic E-state index is 0.153. The second kappa shape index (κ2) is 10.7. The van der Waals surface area contributed by atoms with Gasteiger partial charge in [0.2, 0.25) is 0 Å². The van der Waals surface area contributed by atoms with Gasteiger partial charge in [-0.2, -0.15) is 0 Å². The van der Waals surface area contributed by atoms with Crippen LogP contribution in [-0.4, -0.2) is 40.5 Å². The van der Waals surface area contributed by atoms with Crippen LogP contribution in [0.1, 0.15) is 28.4 Å². The van der Waals surface area contributed by atoms with E-state index in [9.17, 15) is 24.6 Å². The number of quaternary nitrogens is 1. The van der Waals surface area contributed by atoms with Crippen LogP contribution in [0.15, 0.2) is 49.1 Å². The molecule has 3 aromatic rings. The Morgan fingerprint density at radius 2 is 1.74 bits per heavy atom. The summed E-state index contributed by atoms with van der Waals surface area (Å²) in [4.78, 5) is 37.5. The third-order valence-corrected chi connectivity index (χ3v) is 5.80. The first-order valence-corrected chi connectivity index (χ1v) is 11.0. The highest BCUT2D eigenvalue weighted by molar-refractivity contribution is 6.31. The third-order valence-electron chi connectivity index (χ3n) is 5.46. The quantitative estimate of drug-likeness (QED) is 0.504. The molecule has 0 bridgehead atoms. The van der Waals surface area contributed by atoms with Crippen LogP contribution in [0, 0.1) is 6.92 Å². The van der Waals surface area contributed by atoms with Gasteiger partial charge in [-0.1, -0.05) is 29.8 Å². The van der Waals surface area contributed by atoms with Gasteiger partial charge in [-0.05, 0) is 24.4 Å². The molecule has 1 unspecified atom stereocenters. The third kappa shape index (κ3) is 5.09. The molecule has 3 heterocycles. The average Bonchev–Trinajstić information content (AvgIpc) is 2.82. The maximum atomic E-state index is 12.8. The Morgan fingerprint density at radius 1 is 1.09 bits per heavy atom. The molecule has 11 heteroatoms. The molecule has 1 atom stereocenters. The highest BCUT2D eigenvalue weighted by atomic mass is 35.5. The van der Waals surface area contributed by atoms with Crippen LogP contribution in [-0.2, 0) is 18.8 Å². The lowest BCUT2D eigenvalue weighted by atomic mass is 9.86. The number of aromatic nitrogens is 2. The molecular weight excluding hydrogens is 466 g/mol. The molecule has 1 aliphatic heterocycles. The van der Waals surface area contributed by atoms with E-state index in [1.165, 1.54) is 39.2 Å². The highest BCUT2D eigenvalue weighted by Crippen LogP contribution is 2.38. The molecule has 1 aliphatic rings. The lowest BCUT2D eigenvalue weighted by Crippen LogP contribution is -2.87. The lowest BCUT2D eigenvalue weighted by molar-refractivity contribution is -0.670. The van der Waals surface area contributed by atoms with Gasteiger partial charge in [0.25, 0.3) is 5.56 Å². The number of ether oxygens (including phenoxy) is 1. The molecule has 1 aromatic carbocycles.